The van der Waals surface area contributed by atoms with Crippen molar-refractivity contribution in [3.8, 4) is 0 Å². The molecular weight excluding hydrogens is 186 g/mol. The van der Waals surface area contributed by atoms with E-state index in [2.05, 4.69) is 9.97 Å². The lowest BCUT2D eigenvalue weighted by molar-refractivity contribution is 0.591. The molecule has 2 aromatic rings. The number of rotatable bonds is 0. The average Bonchev–Trinajstić information content (AvgIpc) is 2.48. The van der Waals surface area contributed by atoms with E-state index >= 15 is 0 Å². The second kappa shape index (κ2) is 2.42. The Kier molecular flexibility index (Phi) is 1.51. The van der Waals surface area contributed by atoms with E-state index in [4.69, 9.17) is 11.6 Å². The van der Waals surface area contributed by atoms with Crippen molar-refractivity contribution in [1.29, 1.82) is 0 Å². The van der Waals surface area contributed by atoms with Crippen LogP contribution >= 0.6 is 11.6 Å². The van der Waals surface area contributed by atoms with E-state index in [0.29, 0.717) is 6.07 Å². The minimum atomic E-state index is -0.786. The largest absolute Gasteiger partial charge is 0.343 e. The van der Waals surface area contributed by atoms with E-state index in [9.17, 15) is 8.78 Å². The fourth-order valence-electron chi connectivity index (χ4n) is 1.01. The molecule has 0 aliphatic heterocycles. The number of nitrogens with one attached hydrogen (secondary N) is 1. The minimum absolute atomic E-state index is 0.0569. The molecule has 2 rings (SSSR count). The summed E-state index contributed by atoms with van der Waals surface area (Å²) in [6.45, 7) is 0. The fourth-order valence-corrected chi connectivity index (χ4v) is 1.20. The molecule has 62 valence electrons. The van der Waals surface area contributed by atoms with E-state index in [1.807, 2.05) is 0 Å². The smallest absolute Gasteiger partial charge is 0.154 e. The van der Waals surface area contributed by atoms with Gasteiger partial charge in [-0.25, -0.2) is 13.8 Å². The molecule has 0 aliphatic rings. The standard InChI is InChI=1S/C7H3ClF2N2/c8-5-3(9)1-4(10)6-7(5)12-2-11-6/h1-2H,(H,11,12). The molecule has 0 aliphatic carbocycles. The maximum absolute atomic E-state index is 12.9. The summed E-state index contributed by atoms with van der Waals surface area (Å²) in [6.07, 6.45) is 1.26. The number of aromatic nitrogens is 2. The number of halogens is 3. The van der Waals surface area contributed by atoms with Crippen molar-refractivity contribution in [2.45, 2.75) is 0 Å². The highest BCUT2D eigenvalue weighted by Crippen LogP contribution is 2.25. The first kappa shape index (κ1) is 7.49. The Balaban J connectivity index is 2.97. The molecular formula is C7H3ClF2N2. The van der Waals surface area contributed by atoms with E-state index in [-0.39, 0.29) is 16.1 Å². The number of nitrogens with zero attached hydrogens (tertiary/aromatic N) is 1. The number of aromatic amines is 1. The molecule has 0 atom stereocenters. The number of fused-ring (bicyclic) bond motifs is 1. The molecule has 1 heterocycles. The minimum Gasteiger partial charge on any atom is -0.343 e. The summed E-state index contributed by atoms with van der Waals surface area (Å²) in [5.41, 5.74) is 0.246. The Bertz CT molecular complexity index is 438. The zero-order valence-electron chi connectivity index (χ0n) is 5.74. The van der Waals surface area contributed by atoms with Gasteiger partial charge in [-0.3, -0.25) is 0 Å². The third-order valence-electron chi connectivity index (χ3n) is 1.55. The van der Waals surface area contributed by atoms with Gasteiger partial charge in [-0.1, -0.05) is 11.6 Å². The summed E-state index contributed by atoms with van der Waals surface area (Å²) in [5, 5.41) is -0.135. The molecule has 12 heavy (non-hydrogen) atoms. The predicted octanol–water partition coefficient (Wildman–Crippen LogP) is 2.49. The zero-order valence-corrected chi connectivity index (χ0v) is 6.49. The molecule has 0 radical (unpaired) electrons. The quantitative estimate of drug-likeness (QED) is 0.633. The van der Waals surface area contributed by atoms with Crippen LogP contribution in [0, 0.1) is 11.6 Å². The van der Waals surface area contributed by atoms with Gasteiger partial charge in [0.25, 0.3) is 0 Å². The average molecular weight is 189 g/mol. The molecule has 0 saturated carbocycles. The zero-order chi connectivity index (χ0) is 8.72. The molecule has 0 bridgehead atoms. The van der Waals surface area contributed by atoms with E-state index < -0.39 is 11.6 Å². The van der Waals surface area contributed by atoms with Crippen LogP contribution in [0.1, 0.15) is 0 Å². The van der Waals surface area contributed by atoms with Gasteiger partial charge in [0.05, 0.1) is 11.8 Å². The summed E-state index contributed by atoms with van der Waals surface area (Å²) in [6, 6.07) is 0.714. The van der Waals surface area contributed by atoms with Gasteiger partial charge in [0.15, 0.2) is 5.82 Å². The third-order valence-corrected chi connectivity index (χ3v) is 1.92. The number of benzene rings is 1. The first-order valence-electron chi connectivity index (χ1n) is 3.16. The van der Waals surface area contributed by atoms with Crippen LogP contribution in [0.3, 0.4) is 0 Å². The molecule has 5 heteroatoms. The Morgan fingerprint density at radius 2 is 2.08 bits per heavy atom. The van der Waals surface area contributed by atoms with E-state index in [1.54, 1.807) is 0 Å². The topological polar surface area (TPSA) is 28.7 Å². The molecule has 0 amide bonds. The van der Waals surface area contributed by atoms with Crippen molar-refractivity contribution in [2.75, 3.05) is 0 Å². The van der Waals surface area contributed by atoms with Gasteiger partial charge in [0.1, 0.15) is 16.4 Å². The second-order valence-corrected chi connectivity index (χ2v) is 2.66. The van der Waals surface area contributed by atoms with Crippen molar-refractivity contribution >= 4 is 22.6 Å². The van der Waals surface area contributed by atoms with Gasteiger partial charge < -0.3 is 4.98 Å². The normalized spacial score (nSPS) is 10.9. The lowest BCUT2D eigenvalue weighted by atomic mass is 10.3. The predicted molar refractivity (Wildman–Crippen MR) is 41.0 cm³/mol. The van der Waals surface area contributed by atoms with Gasteiger partial charge in [-0.15, -0.1) is 0 Å². The number of imidazole rings is 1. The Morgan fingerprint density at radius 1 is 1.33 bits per heavy atom. The van der Waals surface area contributed by atoms with Crippen molar-refractivity contribution in [1.82, 2.24) is 9.97 Å². The summed E-state index contributed by atoms with van der Waals surface area (Å²) >= 11 is 5.53. The highest BCUT2D eigenvalue weighted by Gasteiger charge is 2.11. The molecule has 1 aromatic heterocycles. The lowest BCUT2D eigenvalue weighted by Gasteiger charge is -1.95. The maximum atomic E-state index is 12.9. The molecule has 1 aromatic carbocycles. The highest BCUT2D eigenvalue weighted by molar-refractivity contribution is 6.35. The molecule has 2 nitrogen and oxygen atoms in total. The summed E-state index contributed by atoms with van der Waals surface area (Å²) in [5.74, 6) is -1.50. The monoisotopic (exact) mass is 188 g/mol. The van der Waals surface area contributed by atoms with Crippen LogP contribution in [0.25, 0.3) is 11.0 Å². The van der Waals surface area contributed by atoms with Gasteiger partial charge in [0.2, 0.25) is 0 Å². The van der Waals surface area contributed by atoms with Gasteiger partial charge in [0, 0.05) is 6.07 Å². The van der Waals surface area contributed by atoms with Crippen LogP contribution < -0.4 is 0 Å². The summed E-state index contributed by atoms with van der Waals surface area (Å²) < 4.78 is 25.6. The summed E-state index contributed by atoms with van der Waals surface area (Å²) in [4.78, 5) is 6.18. The second-order valence-electron chi connectivity index (χ2n) is 2.28. The molecule has 0 saturated heterocycles. The lowest BCUT2D eigenvalue weighted by Crippen LogP contribution is -1.84. The number of hydrogen-bond acceptors (Lipinski definition) is 1. The van der Waals surface area contributed by atoms with Crippen LogP contribution in [0.15, 0.2) is 12.4 Å². The first-order valence-corrected chi connectivity index (χ1v) is 3.54. The number of H-pyrrole nitrogens is 1. The Hall–Kier alpha value is -1.16. The maximum Gasteiger partial charge on any atom is 0.154 e. The van der Waals surface area contributed by atoms with Gasteiger partial charge in [-0.05, 0) is 0 Å². The van der Waals surface area contributed by atoms with E-state index in [0.717, 1.165) is 0 Å². The fraction of sp³-hybridized carbons (Fsp3) is 0. The van der Waals surface area contributed by atoms with Crippen molar-refractivity contribution in [3.05, 3.63) is 29.1 Å². The van der Waals surface area contributed by atoms with Crippen LogP contribution in [0.2, 0.25) is 5.02 Å². The van der Waals surface area contributed by atoms with Gasteiger partial charge in [-0.2, -0.15) is 0 Å². The SMILES string of the molecule is Fc1cc(F)c2nc[nH]c2c1Cl. The number of hydrogen-bond donors (Lipinski definition) is 1. The molecule has 0 spiro atoms. The van der Waals surface area contributed by atoms with Crippen LogP contribution in [0.5, 0.6) is 0 Å². The molecule has 1 N–H and O–H groups in total. The Labute approximate surface area is 71.2 Å². The molecule has 0 unspecified atom stereocenters. The van der Waals surface area contributed by atoms with Crippen LogP contribution in [0.4, 0.5) is 8.78 Å². The van der Waals surface area contributed by atoms with Crippen molar-refractivity contribution in [3.63, 3.8) is 0 Å². The summed E-state index contributed by atoms with van der Waals surface area (Å²) in [7, 11) is 0. The van der Waals surface area contributed by atoms with Crippen molar-refractivity contribution < 1.29 is 8.78 Å². The Morgan fingerprint density at radius 3 is 2.83 bits per heavy atom. The van der Waals surface area contributed by atoms with E-state index in [1.165, 1.54) is 6.33 Å². The third kappa shape index (κ3) is 0.881. The first-order chi connectivity index (χ1) is 5.70. The highest BCUT2D eigenvalue weighted by atomic mass is 35.5. The van der Waals surface area contributed by atoms with Crippen molar-refractivity contribution in [2.24, 2.45) is 0 Å². The van der Waals surface area contributed by atoms with Crippen LogP contribution in [-0.2, 0) is 0 Å². The molecule has 0 fully saturated rings. The van der Waals surface area contributed by atoms with Crippen LogP contribution in [-0.4, -0.2) is 9.97 Å². The van der Waals surface area contributed by atoms with Gasteiger partial charge >= 0.3 is 0 Å².